The summed E-state index contributed by atoms with van der Waals surface area (Å²) in [5, 5.41) is 15.8. The molecule has 0 heterocycles. The summed E-state index contributed by atoms with van der Waals surface area (Å²) in [4.78, 5) is 24.1. The van der Waals surface area contributed by atoms with Gasteiger partial charge >= 0.3 is 7.82 Å². The Balaban J connectivity index is 1.96. The van der Waals surface area contributed by atoms with Crippen molar-refractivity contribution >= 4 is 32.3 Å². The SMILES string of the molecule is CC(C)(COP(=O)(OCc1ccccc1)OCc1ccccc1)C(O)C(=O)NCCC(=O)NCCS. The summed E-state index contributed by atoms with van der Waals surface area (Å²) in [5.41, 5.74) is 0.420. The first-order valence-electron chi connectivity index (χ1n) is 11.6. The topological polar surface area (TPSA) is 123 Å². The summed E-state index contributed by atoms with van der Waals surface area (Å²) in [7, 11) is -4.06. The smallest absolute Gasteiger partial charge is 0.383 e. The van der Waals surface area contributed by atoms with E-state index in [9.17, 15) is 19.3 Å². The normalized spacial score (nSPS) is 12.7. The van der Waals surface area contributed by atoms with Crippen LogP contribution in [0.25, 0.3) is 0 Å². The summed E-state index contributed by atoms with van der Waals surface area (Å²) in [5.74, 6) is -0.386. The van der Waals surface area contributed by atoms with E-state index in [1.807, 2.05) is 60.7 Å². The van der Waals surface area contributed by atoms with Gasteiger partial charge in [0.15, 0.2) is 0 Å². The van der Waals surface area contributed by atoms with Crippen molar-refractivity contribution in [2.24, 2.45) is 5.41 Å². The van der Waals surface area contributed by atoms with Gasteiger partial charge < -0.3 is 15.7 Å². The number of amides is 2. The third kappa shape index (κ3) is 10.8. The van der Waals surface area contributed by atoms with Crippen LogP contribution in [0, 0.1) is 5.41 Å². The lowest BCUT2D eigenvalue weighted by atomic mass is 9.87. The van der Waals surface area contributed by atoms with Crippen LogP contribution in [0.2, 0.25) is 0 Å². The molecule has 2 rings (SSSR count). The Morgan fingerprint density at radius 3 is 1.94 bits per heavy atom. The molecule has 0 aliphatic rings. The van der Waals surface area contributed by atoms with Crippen molar-refractivity contribution < 1.29 is 32.8 Å². The highest BCUT2D eigenvalue weighted by Gasteiger charge is 2.38. The van der Waals surface area contributed by atoms with Crippen molar-refractivity contribution in [2.45, 2.75) is 39.6 Å². The number of thiol groups is 1. The second-order valence-corrected chi connectivity index (χ2v) is 10.9. The predicted octanol–water partition coefficient (Wildman–Crippen LogP) is 3.48. The Labute approximate surface area is 217 Å². The molecule has 0 fully saturated rings. The van der Waals surface area contributed by atoms with Gasteiger partial charge in [-0.2, -0.15) is 12.6 Å². The molecule has 2 aromatic carbocycles. The van der Waals surface area contributed by atoms with Gasteiger partial charge in [-0.25, -0.2) is 4.57 Å². The van der Waals surface area contributed by atoms with Crippen LogP contribution >= 0.6 is 20.5 Å². The van der Waals surface area contributed by atoms with Gasteiger partial charge in [0.25, 0.3) is 0 Å². The zero-order valence-corrected chi connectivity index (χ0v) is 22.4. The van der Waals surface area contributed by atoms with Gasteiger partial charge in [-0.1, -0.05) is 74.5 Å². The number of aliphatic hydroxyl groups is 1. The minimum absolute atomic E-state index is 0.00828. The number of carbonyl (C=O) groups excluding carboxylic acids is 2. The molecule has 0 aromatic heterocycles. The van der Waals surface area contributed by atoms with Crippen molar-refractivity contribution in [3.8, 4) is 0 Å². The lowest BCUT2D eigenvalue weighted by Crippen LogP contribution is -2.46. The van der Waals surface area contributed by atoms with Gasteiger partial charge in [0.1, 0.15) is 6.10 Å². The number of carbonyl (C=O) groups is 2. The maximum absolute atomic E-state index is 13.4. The van der Waals surface area contributed by atoms with E-state index >= 15 is 0 Å². The van der Waals surface area contributed by atoms with E-state index in [0.29, 0.717) is 12.3 Å². The lowest BCUT2D eigenvalue weighted by Gasteiger charge is -2.30. The number of phosphoric acid groups is 1. The minimum Gasteiger partial charge on any atom is -0.383 e. The van der Waals surface area contributed by atoms with Crippen molar-refractivity contribution in [2.75, 3.05) is 25.4 Å². The molecule has 0 spiro atoms. The van der Waals surface area contributed by atoms with E-state index in [1.54, 1.807) is 13.8 Å². The average molecular weight is 539 g/mol. The van der Waals surface area contributed by atoms with Crippen molar-refractivity contribution in [1.82, 2.24) is 10.6 Å². The summed E-state index contributed by atoms with van der Waals surface area (Å²) in [6.45, 7) is 3.37. The van der Waals surface area contributed by atoms with E-state index < -0.39 is 25.2 Å². The standard InChI is InChI=1S/C25H35N2O7PS/c1-25(2,23(29)24(30)27-14-13-22(28)26-15-16-36)19-34-35(31,32-17-20-9-5-3-6-10-20)33-18-21-11-7-4-8-12-21/h3-12,23,29,36H,13-19H2,1-2H3,(H,26,28)(H,27,30). The molecule has 2 aromatic rings. The van der Waals surface area contributed by atoms with Crippen LogP contribution in [0.15, 0.2) is 60.7 Å². The Morgan fingerprint density at radius 1 is 0.917 bits per heavy atom. The summed E-state index contributed by atoms with van der Waals surface area (Å²) in [6, 6.07) is 18.3. The maximum Gasteiger partial charge on any atom is 0.475 e. The fraction of sp³-hybridized carbons (Fsp3) is 0.440. The van der Waals surface area contributed by atoms with Crippen molar-refractivity contribution in [1.29, 1.82) is 0 Å². The first-order chi connectivity index (χ1) is 17.1. The quantitative estimate of drug-likeness (QED) is 0.191. The largest absolute Gasteiger partial charge is 0.475 e. The number of rotatable bonds is 16. The molecule has 0 saturated carbocycles. The molecule has 9 nitrogen and oxygen atoms in total. The molecule has 0 saturated heterocycles. The lowest BCUT2D eigenvalue weighted by molar-refractivity contribution is -0.137. The van der Waals surface area contributed by atoms with E-state index in [-0.39, 0.29) is 38.7 Å². The van der Waals surface area contributed by atoms with E-state index in [1.165, 1.54) is 0 Å². The van der Waals surface area contributed by atoms with E-state index in [0.717, 1.165) is 11.1 Å². The van der Waals surface area contributed by atoms with Crippen molar-refractivity contribution in [3.05, 3.63) is 71.8 Å². The van der Waals surface area contributed by atoms with Gasteiger partial charge in [-0.15, -0.1) is 0 Å². The average Bonchev–Trinajstić information content (AvgIpc) is 2.89. The fourth-order valence-corrected chi connectivity index (χ4v) is 4.37. The number of benzene rings is 2. The second-order valence-electron chi connectivity index (χ2n) is 8.74. The van der Waals surface area contributed by atoms with Gasteiger partial charge in [-0.3, -0.25) is 23.2 Å². The monoisotopic (exact) mass is 538 g/mol. The van der Waals surface area contributed by atoms with Crippen LogP contribution in [-0.4, -0.2) is 48.5 Å². The molecule has 36 heavy (non-hydrogen) atoms. The van der Waals surface area contributed by atoms with Crippen LogP contribution in [-0.2, 0) is 40.9 Å². The van der Waals surface area contributed by atoms with Gasteiger partial charge in [0.05, 0.1) is 19.8 Å². The molecule has 3 N–H and O–H groups in total. The van der Waals surface area contributed by atoms with Crippen LogP contribution in [0.1, 0.15) is 31.4 Å². The molecular formula is C25H35N2O7PS. The van der Waals surface area contributed by atoms with Crippen molar-refractivity contribution in [3.63, 3.8) is 0 Å². The first-order valence-corrected chi connectivity index (χ1v) is 13.7. The first kappa shape index (κ1) is 30.0. The molecule has 1 atom stereocenters. The summed E-state index contributed by atoms with van der Waals surface area (Å²) < 4.78 is 30.2. The molecule has 11 heteroatoms. The van der Waals surface area contributed by atoms with E-state index in [4.69, 9.17) is 13.6 Å². The number of hydrogen-bond acceptors (Lipinski definition) is 8. The fourth-order valence-electron chi connectivity index (χ4n) is 2.93. The molecule has 0 aliphatic carbocycles. The van der Waals surface area contributed by atoms with Crippen LogP contribution in [0.4, 0.5) is 0 Å². The predicted molar refractivity (Wildman–Crippen MR) is 140 cm³/mol. The number of hydrogen-bond donors (Lipinski definition) is 4. The number of nitrogens with one attached hydrogen (secondary N) is 2. The molecule has 0 aliphatic heterocycles. The second kappa shape index (κ2) is 15.1. The van der Waals surface area contributed by atoms with Crippen LogP contribution in [0.5, 0.6) is 0 Å². The molecule has 0 radical (unpaired) electrons. The zero-order chi connectivity index (χ0) is 26.4. The maximum atomic E-state index is 13.4. The van der Waals surface area contributed by atoms with E-state index in [2.05, 4.69) is 23.3 Å². The van der Waals surface area contributed by atoms with Crippen LogP contribution in [0.3, 0.4) is 0 Å². The van der Waals surface area contributed by atoms with Gasteiger partial charge in [-0.05, 0) is 11.1 Å². The Hall–Kier alpha value is -2.20. The van der Waals surface area contributed by atoms with Crippen LogP contribution < -0.4 is 10.6 Å². The zero-order valence-electron chi connectivity index (χ0n) is 20.6. The minimum atomic E-state index is -4.06. The summed E-state index contributed by atoms with van der Waals surface area (Å²) in [6.07, 6.45) is -1.42. The third-order valence-corrected chi connectivity index (χ3v) is 6.69. The van der Waals surface area contributed by atoms with Gasteiger partial charge in [0, 0.05) is 30.7 Å². The Morgan fingerprint density at radius 2 is 1.44 bits per heavy atom. The Kier molecular flexibility index (Phi) is 12.6. The summed E-state index contributed by atoms with van der Waals surface area (Å²) >= 11 is 4.01. The van der Waals surface area contributed by atoms with Gasteiger partial charge in [0.2, 0.25) is 11.8 Å². The highest BCUT2D eigenvalue weighted by Crippen LogP contribution is 2.52. The molecular weight excluding hydrogens is 503 g/mol. The highest BCUT2D eigenvalue weighted by molar-refractivity contribution is 7.80. The molecule has 0 bridgehead atoms. The molecule has 1 unspecified atom stereocenters. The molecule has 2 amide bonds. The highest BCUT2D eigenvalue weighted by atomic mass is 32.1. The molecule has 198 valence electrons. The Bertz CT molecular complexity index is 945. The third-order valence-electron chi connectivity index (χ3n) is 5.13. The number of phosphoric ester groups is 1. The number of aliphatic hydroxyl groups excluding tert-OH is 1.